The highest BCUT2D eigenvalue weighted by molar-refractivity contribution is 5.73. The maximum Gasteiger partial charge on any atom is 0.217 e. The average Bonchev–Trinajstić information content (AvgIpc) is 2.87. The van der Waals surface area contributed by atoms with Gasteiger partial charge in [-0.15, -0.1) is 0 Å². The molecule has 17 heteroatoms. The summed E-state index contributed by atoms with van der Waals surface area (Å²) in [6.07, 6.45) is -23.2. The molecule has 3 heterocycles. The Morgan fingerprint density at radius 2 is 1.11 bits per heavy atom. The second-order valence-corrected chi connectivity index (χ2v) is 9.07. The zero-order valence-electron chi connectivity index (χ0n) is 19.7. The molecule has 0 aromatic rings. The fourth-order valence-electron chi connectivity index (χ4n) is 4.46. The SMILES string of the molecule is CC(=O)N[C@@H]1[C@@H](O)[C@H](O[C@H]2O[C@H](CO)[C@@H](O[C@H]3O[C@H](CO)[C@@H](O)[C@H](O)[C@H]3O)[C@H](O)[C@H]2O)[C@@H](CO)O[C@@H]1O. The number of carbonyl (C=O) groups is 1. The van der Waals surface area contributed by atoms with Crippen molar-refractivity contribution in [3.63, 3.8) is 0 Å². The molecule has 37 heavy (non-hydrogen) atoms. The van der Waals surface area contributed by atoms with Crippen molar-refractivity contribution in [2.45, 2.75) is 99.0 Å². The van der Waals surface area contributed by atoms with Gasteiger partial charge in [0.2, 0.25) is 5.91 Å². The van der Waals surface area contributed by atoms with Crippen LogP contribution in [-0.4, -0.2) is 169 Å². The van der Waals surface area contributed by atoms with Gasteiger partial charge in [-0.2, -0.15) is 0 Å². The Bertz CT molecular complexity index is 743. The minimum absolute atomic E-state index is 0.620. The molecule has 0 unspecified atom stereocenters. The highest BCUT2D eigenvalue weighted by atomic mass is 16.7. The molecular weight excluding hydrogens is 510 g/mol. The Morgan fingerprint density at radius 1 is 0.649 bits per heavy atom. The van der Waals surface area contributed by atoms with Gasteiger partial charge >= 0.3 is 0 Å². The van der Waals surface area contributed by atoms with Gasteiger partial charge in [-0.1, -0.05) is 0 Å². The third-order valence-electron chi connectivity index (χ3n) is 6.49. The maximum absolute atomic E-state index is 11.4. The van der Waals surface area contributed by atoms with Gasteiger partial charge in [0.1, 0.15) is 73.2 Å². The number of hydrogen-bond acceptors (Lipinski definition) is 16. The molecule has 3 saturated heterocycles. The van der Waals surface area contributed by atoms with E-state index in [4.69, 9.17) is 23.7 Å². The molecule has 3 rings (SSSR count). The van der Waals surface area contributed by atoms with Crippen LogP contribution in [0.2, 0.25) is 0 Å². The van der Waals surface area contributed by atoms with E-state index >= 15 is 0 Å². The normalized spacial score (nSPS) is 49.0. The summed E-state index contributed by atoms with van der Waals surface area (Å²) in [5, 5.41) is 103. The van der Waals surface area contributed by atoms with Crippen LogP contribution in [0.25, 0.3) is 0 Å². The minimum atomic E-state index is -1.92. The van der Waals surface area contributed by atoms with Crippen molar-refractivity contribution in [2.75, 3.05) is 19.8 Å². The Hall–Kier alpha value is -1.13. The minimum Gasteiger partial charge on any atom is -0.394 e. The Labute approximate surface area is 210 Å². The van der Waals surface area contributed by atoms with E-state index in [0.717, 1.165) is 6.92 Å². The first kappa shape index (κ1) is 30.4. The molecule has 0 aliphatic carbocycles. The van der Waals surface area contributed by atoms with Crippen LogP contribution >= 0.6 is 0 Å². The number of ether oxygens (including phenoxy) is 5. The number of carbonyl (C=O) groups excluding carboxylic acids is 1. The van der Waals surface area contributed by atoms with E-state index in [1.807, 2.05) is 0 Å². The summed E-state index contributed by atoms with van der Waals surface area (Å²) in [6, 6.07) is -1.38. The Morgan fingerprint density at radius 3 is 1.62 bits per heavy atom. The standard InChI is InChI=1S/C20H35NO16/c1-5(25)21-9-11(27)16(7(3-23)33-18(9)32)36-20-15(31)13(29)17(8(4-24)35-20)37-19-14(30)12(28)10(26)6(2-22)34-19/h6-20,22-24,26-32H,2-4H2,1H3,(H,21,25)/t6-,7-,8-,9-,10-,11-,12+,13-,14-,15-,16-,17-,18+,19-,20-/m1/s1. The largest absolute Gasteiger partial charge is 0.394 e. The van der Waals surface area contributed by atoms with E-state index in [1.54, 1.807) is 0 Å². The molecule has 0 aromatic heterocycles. The number of amides is 1. The lowest BCUT2D eigenvalue weighted by Gasteiger charge is -2.48. The van der Waals surface area contributed by atoms with Gasteiger partial charge in [-0.05, 0) is 0 Å². The van der Waals surface area contributed by atoms with Crippen LogP contribution in [0, 0.1) is 0 Å². The lowest BCUT2D eigenvalue weighted by Crippen LogP contribution is -2.68. The molecule has 15 atom stereocenters. The monoisotopic (exact) mass is 545 g/mol. The van der Waals surface area contributed by atoms with Crippen molar-refractivity contribution in [2.24, 2.45) is 0 Å². The molecule has 3 fully saturated rings. The first-order chi connectivity index (χ1) is 17.4. The van der Waals surface area contributed by atoms with Crippen LogP contribution in [0.4, 0.5) is 0 Å². The smallest absolute Gasteiger partial charge is 0.217 e. The second-order valence-electron chi connectivity index (χ2n) is 9.07. The predicted octanol–water partition coefficient (Wildman–Crippen LogP) is -7.43. The van der Waals surface area contributed by atoms with Gasteiger partial charge in [-0.25, -0.2) is 0 Å². The molecular formula is C20H35NO16. The summed E-state index contributed by atoms with van der Waals surface area (Å²) in [6.45, 7) is -1.21. The first-order valence-electron chi connectivity index (χ1n) is 11.6. The Balaban J connectivity index is 1.74. The quantitative estimate of drug-likeness (QED) is 0.135. The molecule has 11 N–H and O–H groups in total. The van der Waals surface area contributed by atoms with Crippen molar-refractivity contribution in [3.05, 3.63) is 0 Å². The maximum atomic E-state index is 11.4. The zero-order valence-corrected chi connectivity index (χ0v) is 19.7. The van der Waals surface area contributed by atoms with Gasteiger partial charge in [0.25, 0.3) is 0 Å². The summed E-state index contributed by atoms with van der Waals surface area (Å²) < 4.78 is 26.9. The van der Waals surface area contributed by atoms with E-state index in [-0.39, 0.29) is 0 Å². The van der Waals surface area contributed by atoms with Crippen LogP contribution in [0.15, 0.2) is 0 Å². The van der Waals surface area contributed by atoms with E-state index in [0.29, 0.717) is 0 Å². The van der Waals surface area contributed by atoms with Crippen molar-refractivity contribution in [3.8, 4) is 0 Å². The molecule has 216 valence electrons. The van der Waals surface area contributed by atoms with Crippen LogP contribution in [0.1, 0.15) is 6.92 Å². The molecule has 0 saturated carbocycles. The first-order valence-corrected chi connectivity index (χ1v) is 11.6. The second kappa shape index (κ2) is 12.8. The van der Waals surface area contributed by atoms with Crippen LogP contribution in [0.3, 0.4) is 0 Å². The van der Waals surface area contributed by atoms with Crippen molar-refractivity contribution >= 4 is 5.91 Å². The van der Waals surface area contributed by atoms with E-state index in [9.17, 15) is 55.9 Å². The van der Waals surface area contributed by atoms with Gasteiger partial charge in [0, 0.05) is 6.92 Å². The molecule has 0 aromatic carbocycles. The zero-order chi connectivity index (χ0) is 27.6. The molecule has 17 nitrogen and oxygen atoms in total. The average molecular weight is 545 g/mol. The number of aliphatic hydroxyl groups excluding tert-OH is 10. The van der Waals surface area contributed by atoms with Gasteiger partial charge in [0.15, 0.2) is 18.9 Å². The van der Waals surface area contributed by atoms with Crippen LogP contribution in [0.5, 0.6) is 0 Å². The summed E-state index contributed by atoms with van der Waals surface area (Å²) in [4.78, 5) is 11.4. The highest BCUT2D eigenvalue weighted by Crippen LogP contribution is 2.32. The number of aliphatic hydroxyl groups is 10. The van der Waals surface area contributed by atoms with Gasteiger partial charge in [-0.3, -0.25) is 4.79 Å². The van der Waals surface area contributed by atoms with E-state index in [2.05, 4.69) is 5.32 Å². The molecule has 0 spiro atoms. The lowest BCUT2D eigenvalue weighted by molar-refractivity contribution is -0.373. The van der Waals surface area contributed by atoms with Gasteiger partial charge < -0.3 is 80.1 Å². The number of rotatable bonds is 8. The van der Waals surface area contributed by atoms with Crippen LogP contribution in [-0.2, 0) is 28.5 Å². The van der Waals surface area contributed by atoms with Crippen LogP contribution < -0.4 is 5.32 Å². The Kier molecular flexibility index (Phi) is 10.5. The summed E-state index contributed by atoms with van der Waals surface area (Å²) in [5.41, 5.74) is 0. The van der Waals surface area contributed by atoms with Crippen molar-refractivity contribution < 1.29 is 79.5 Å². The number of hydrogen-bond donors (Lipinski definition) is 11. The fourth-order valence-corrected chi connectivity index (χ4v) is 4.46. The van der Waals surface area contributed by atoms with Crippen molar-refractivity contribution in [1.29, 1.82) is 0 Å². The molecule has 1 amide bonds. The highest BCUT2D eigenvalue weighted by Gasteiger charge is 2.53. The third kappa shape index (κ3) is 6.38. The molecule has 0 bridgehead atoms. The lowest BCUT2D eigenvalue weighted by atomic mass is 9.95. The predicted molar refractivity (Wildman–Crippen MR) is 113 cm³/mol. The number of nitrogens with one attached hydrogen (secondary N) is 1. The molecule has 3 aliphatic rings. The molecule has 3 aliphatic heterocycles. The van der Waals surface area contributed by atoms with E-state index in [1.165, 1.54) is 0 Å². The molecule has 0 radical (unpaired) electrons. The third-order valence-corrected chi connectivity index (χ3v) is 6.49. The topological polar surface area (TPSA) is 278 Å². The fraction of sp³-hybridized carbons (Fsp3) is 0.950. The van der Waals surface area contributed by atoms with E-state index < -0.39 is 118 Å². The summed E-state index contributed by atoms with van der Waals surface area (Å²) in [7, 11) is 0. The summed E-state index contributed by atoms with van der Waals surface area (Å²) in [5.74, 6) is -0.620. The van der Waals surface area contributed by atoms with Crippen molar-refractivity contribution in [1.82, 2.24) is 5.32 Å². The van der Waals surface area contributed by atoms with Gasteiger partial charge in [0.05, 0.1) is 19.8 Å². The summed E-state index contributed by atoms with van der Waals surface area (Å²) >= 11 is 0.